The van der Waals surface area contributed by atoms with E-state index in [1.54, 1.807) is 30.3 Å². The summed E-state index contributed by atoms with van der Waals surface area (Å²) in [5, 5.41) is 12.1. The zero-order chi connectivity index (χ0) is 22.1. The van der Waals surface area contributed by atoms with E-state index in [-0.39, 0.29) is 24.3 Å². The number of nitrogens with one attached hydrogen (secondary N) is 1. The van der Waals surface area contributed by atoms with Crippen molar-refractivity contribution in [2.45, 2.75) is 25.9 Å². The van der Waals surface area contributed by atoms with Gasteiger partial charge in [-0.2, -0.15) is 5.26 Å². The maximum absolute atomic E-state index is 12.5. The Labute approximate surface area is 182 Å². The summed E-state index contributed by atoms with van der Waals surface area (Å²) in [6.07, 6.45) is 2.65. The quantitative estimate of drug-likeness (QED) is 0.606. The Kier molecular flexibility index (Phi) is 8.02. The van der Waals surface area contributed by atoms with Gasteiger partial charge in [0.2, 0.25) is 5.91 Å². The lowest BCUT2D eigenvalue weighted by atomic mass is 9.97. The highest BCUT2D eigenvalue weighted by Crippen LogP contribution is 2.17. The van der Waals surface area contributed by atoms with Gasteiger partial charge in [-0.1, -0.05) is 24.3 Å². The molecule has 162 valence electrons. The van der Waals surface area contributed by atoms with Crippen molar-refractivity contribution in [1.82, 2.24) is 10.2 Å². The number of hydrogen-bond donors (Lipinski definition) is 2. The van der Waals surface area contributed by atoms with E-state index in [1.807, 2.05) is 18.2 Å². The molecule has 2 amide bonds. The first-order chi connectivity index (χ1) is 15.1. The lowest BCUT2D eigenvalue weighted by molar-refractivity contribution is -0.123. The van der Waals surface area contributed by atoms with Gasteiger partial charge in [-0.3, -0.25) is 9.59 Å². The molecule has 1 aliphatic heterocycles. The summed E-state index contributed by atoms with van der Waals surface area (Å²) >= 11 is 0. The third-order valence-corrected chi connectivity index (χ3v) is 5.47. The van der Waals surface area contributed by atoms with Crippen molar-refractivity contribution >= 4 is 11.8 Å². The van der Waals surface area contributed by atoms with Gasteiger partial charge in [0.25, 0.3) is 5.91 Å². The minimum Gasteiger partial charge on any atom is -0.489 e. The third-order valence-electron chi connectivity index (χ3n) is 5.47. The van der Waals surface area contributed by atoms with Crippen LogP contribution in [0.3, 0.4) is 0 Å². The lowest BCUT2D eigenvalue weighted by Crippen LogP contribution is -2.42. The Hall–Kier alpha value is -3.37. The van der Waals surface area contributed by atoms with E-state index in [2.05, 4.69) is 16.3 Å². The van der Waals surface area contributed by atoms with Gasteiger partial charge >= 0.3 is 0 Å². The van der Waals surface area contributed by atoms with Gasteiger partial charge in [0.05, 0.1) is 17.6 Å². The molecule has 3 rings (SSSR count). The molecule has 31 heavy (non-hydrogen) atoms. The van der Waals surface area contributed by atoms with E-state index < -0.39 is 0 Å². The van der Waals surface area contributed by atoms with Crippen molar-refractivity contribution in [2.75, 3.05) is 26.2 Å². The van der Waals surface area contributed by atoms with Crippen LogP contribution in [-0.2, 0) is 11.4 Å². The highest BCUT2D eigenvalue weighted by Gasteiger charge is 2.23. The van der Waals surface area contributed by atoms with Crippen LogP contribution >= 0.6 is 0 Å². The number of carbonyl (C=O) groups is 2. The molecule has 1 heterocycles. The molecule has 2 aromatic carbocycles. The van der Waals surface area contributed by atoms with E-state index in [4.69, 9.17) is 10.5 Å². The highest BCUT2D eigenvalue weighted by atomic mass is 16.5. The number of benzene rings is 2. The molecule has 2 aromatic rings. The summed E-state index contributed by atoms with van der Waals surface area (Å²) in [6.45, 7) is 3.31. The van der Waals surface area contributed by atoms with Crippen molar-refractivity contribution in [3.05, 3.63) is 65.2 Å². The largest absolute Gasteiger partial charge is 0.489 e. The number of carbonyl (C=O) groups excluding carboxylic acids is 2. The normalized spacial score (nSPS) is 16.3. The molecule has 3 N–H and O–H groups in total. The Bertz CT molecular complexity index is 954. The van der Waals surface area contributed by atoms with Crippen LogP contribution in [0.4, 0.5) is 0 Å². The zero-order valence-corrected chi connectivity index (χ0v) is 17.5. The van der Waals surface area contributed by atoms with Crippen molar-refractivity contribution < 1.29 is 14.3 Å². The molecular formula is C24H28N4O3. The van der Waals surface area contributed by atoms with Crippen LogP contribution < -0.4 is 15.8 Å². The van der Waals surface area contributed by atoms with Crippen LogP contribution in [-0.4, -0.2) is 42.9 Å². The van der Waals surface area contributed by atoms with Gasteiger partial charge in [0, 0.05) is 24.2 Å². The van der Waals surface area contributed by atoms with Gasteiger partial charge < -0.3 is 20.7 Å². The molecule has 1 unspecified atom stereocenters. The standard InChI is InChI=1S/C24H28N4O3/c25-15-19-6-1-2-7-21(19)17-31-22-10-3-8-18(14-22)24(30)27-11-5-13-28-12-4-9-20(16-28)23(26)29/h1-3,6-8,10,14,20H,4-5,9,11-13,16-17H2,(H2,26,29)(H,27,30). The first kappa shape index (κ1) is 22.3. The third kappa shape index (κ3) is 6.56. The van der Waals surface area contributed by atoms with Gasteiger partial charge in [-0.25, -0.2) is 0 Å². The van der Waals surface area contributed by atoms with Gasteiger partial charge in [0.1, 0.15) is 12.4 Å². The molecule has 0 bridgehead atoms. The first-order valence-electron chi connectivity index (χ1n) is 10.6. The number of likely N-dealkylation sites (tertiary alicyclic amines) is 1. The summed E-state index contributed by atoms with van der Waals surface area (Å²) in [7, 11) is 0. The van der Waals surface area contributed by atoms with E-state index in [1.165, 1.54) is 0 Å². The molecular weight excluding hydrogens is 392 g/mol. The van der Waals surface area contributed by atoms with Crippen molar-refractivity contribution in [3.8, 4) is 11.8 Å². The van der Waals surface area contributed by atoms with Crippen LogP contribution in [0.15, 0.2) is 48.5 Å². The summed E-state index contributed by atoms with van der Waals surface area (Å²) in [4.78, 5) is 26.1. The molecule has 0 radical (unpaired) electrons. The monoisotopic (exact) mass is 420 g/mol. The smallest absolute Gasteiger partial charge is 0.251 e. The second kappa shape index (κ2) is 11.1. The molecule has 1 fully saturated rings. The fourth-order valence-electron chi connectivity index (χ4n) is 3.74. The van der Waals surface area contributed by atoms with Gasteiger partial charge in [-0.05, 0) is 56.6 Å². The maximum atomic E-state index is 12.5. The van der Waals surface area contributed by atoms with E-state index in [0.29, 0.717) is 30.0 Å². The number of hydrogen-bond acceptors (Lipinski definition) is 5. The van der Waals surface area contributed by atoms with E-state index in [9.17, 15) is 14.9 Å². The number of amides is 2. The number of ether oxygens (including phenoxy) is 1. The minimum absolute atomic E-state index is 0.0637. The van der Waals surface area contributed by atoms with E-state index in [0.717, 1.165) is 37.9 Å². The summed E-state index contributed by atoms with van der Waals surface area (Å²) in [5.41, 5.74) is 7.33. The predicted molar refractivity (Wildman–Crippen MR) is 117 cm³/mol. The second-order valence-corrected chi connectivity index (χ2v) is 7.74. The summed E-state index contributed by atoms with van der Waals surface area (Å²) in [6, 6.07) is 16.4. The van der Waals surface area contributed by atoms with Crippen LogP contribution in [0, 0.1) is 17.2 Å². The molecule has 7 heteroatoms. The number of nitrogens with two attached hydrogens (primary N) is 1. The van der Waals surface area contributed by atoms with Crippen molar-refractivity contribution in [2.24, 2.45) is 11.7 Å². The van der Waals surface area contributed by atoms with Gasteiger partial charge in [-0.15, -0.1) is 0 Å². The molecule has 1 saturated heterocycles. The van der Waals surface area contributed by atoms with Crippen LogP contribution in [0.5, 0.6) is 5.75 Å². The fourth-order valence-corrected chi connectivity index (χ4v) is 3.74. The summed E-state index contributed by atoms with van der Waals surface area (Å²) < 4.78 is 5.78. The van der Waals surface area contributed by atoms with Gasteiger partial charge in [0.15, 0.2) is 0 Å². The van der Waals surface area contributed by atoms with Crippen molar-refractivity contribution in [1.29, 1.82) is 5.26 Å². The molecule has 1 atom stereocenters. The molecule has 0 aliphatic carbocycles. The molecule has 7 nitrogen and oxygen atoms in total. The fraction of sp³-hybridized carbons (Fsp3) is 0.375. The minimum atomic E-state index is -0.226. The predicted octanol–water partition coefficient (Wildman–Crippen LogP) is 2.45. The Morgan fingerprint density at radius 1 is 1.23 bits per heavy atom. The van der Waals surface area contributed by atoms with Crippen molar-refractivity contribution in [3.63, 3.8) is 0 Å². The number of piperidine rings is 1. The molecule has 0 aromatic heterocycles. The number of nitriles is 1. The molecule has 0 saturated carbocycles. The zero-order valence-electron chi connectivity index (χ0n) is 17.5. The topological polar surface area (TPSA) is 108 Å². The molecule has 1 aliphatic rings. The van der Waals surface area contributed by atoms with Crippen LogP contribution in [0.25, 0.3) is 0 Å². The maximum Gasteiger partial charge on any atom is 0.251 e. The SMILES string of the molecule is N#Cc1ccccc1COc1cccc(C(=O)NCCCN2CCCC(C(N)=O)C2)c1. The highest BCUT2D eigenvalue weighted by molar-refractivity contribution is 5.94. The summed E-state index contributed by atoms with van der Waals surface area (Å²) in [5.74, 6) is 0.130. The lowest BCUT2D eigenvalue weighted by Gasteiger charge is -2.31. The Morgan fingerprint density at radius 3 is 2.87 bits per heavy atom. The Morgan fingerprint density at radius 2 is 2.06 bits per heavy atom. The average molecular weight is 421 g/mol. The number of nitrogens with zero attached hydrogens (tertiary/aromatic N) is 2. The second-order valence-electron chi connectivity index (χ2n) is 7.74. The average Bonchev–Trinajstić information content (AvgIpc) is 2.81. The Balaban J connectivity index is 1.44. The number of rotatable bonds is 9. The molecule has 0 spiro atoms. The number of primary amides is 1. The van der Waals surface area contributed by atoms with Crippen LogP contribution in [0.2, 0.25) is 0 Å². The first-order valence-corrected chi connectivity index (χ1v) is 10.6. The van der Waals surface area contributed by atoms with E-state index >= 15 is 0 Å². The van der Waals surface area contributed by atoms with Crippen LogP contribution in [0.1, 0.15) is 40.7 Å².